The van der Waals surface area contributed by atoms with E-state index in [1.807, 2.05) is 0 Å². The van der Waals surface area contributed by atoms with Gasteiger partial charge in [0.2, 0.25) is 0 Å². The van der Waals surface area contributed by atoms with Gasteiger partial charge in [0.25, 0.3) is 0 Å². The fraction of sp³-hybridized carbons (Fsp3) is 0.227. The molecule has 1 aromatic heterocycles. The summed E-state index contributed by atoms with van der Waals surface area (Å²) < 4.78 is 39.3. The Morgan fingerprint density at radius 3 is 2.68 bits per heavy atom. The molecule has 6 nitrogen and oxygen atoms in total. The molecule has 0 saturated carbocycles. The zero-order chi connectivity index (χ0) is 22.0. The van der Waals surface area contributed by atoms with Crippen molar-refractivity contribution < 1.29 is 18.3 Å². The van der Waals surface area contributed by atoms with Crippen LogP contribution in [0.1, 0.15) is 35.1 Å². The summed E-state index contributed by atoms with van der Waals surface area (Å²) in [4.78, 5) is 8.62. The van der Waals surface area contributed by atoms with Crippen LogP contribution >= 0.6 is 11.6 Å². The average molecular weight is 445 g/mol. The number of hydrogen-bond donors (Lipinski definition) is 2. The number of rotatable bonds is 7. The number of nitrogens with zero attached hydrogens (tertiary/aromatic N) is 2. The summed E-state index contributed by atoms with van der Waals surface area (Å²) in [6.45, 7) is 2.59. The third-order valence-corrected chi connectivity index (χ3v) is 5.14. The van der Waals surface area contributed by atoms with E-state index >= 15 is 0 Å². The number of halogens is 3. The minimum Gasteiger partial charge on any atom is -0.494 e. The van der Waals surface area contributed by atoms with Crippen LogP contribution in [0.4, 0.5) is 14.5 Å². The van der Waals surface area contributed by atoms with E-state index in [0.717, 1.165) is 17.7 Å². The molecule has 31 heavy (non-hydrogen) atoms. The van der Waals surface area contributed by atoms with Gasteiger partial charge in [-0.2, -0.15) is 0 Å². The summed E-state index contributed by atoms with van der Waals surface area (Å²) >= 11 is 6.22. The van der Waals surface area contributed by atoms with Crippen molar-refractivity contribution in [1.82, 2.24) is 9.97 Å². The molecular formula is C22H19ClF2N4O2. The lowest BCUT2D eigenvalue weighted by molar-refractivity contribution is 0.133. The topological polar surface area (TPSA) is 80.1 Å². The zero-order valence-corrected chi connectivity index (χ0v) is 17.4. The molecule has 0 aliphatic carbocycles. The number of anilines is 1. The van der Waals surface area contributed by atoms with Crippen molar-refractivity contribution in [3.05, 3.63) is 81.4 Å². The summed E-state index contributed by atoms with van der Waals surface area (Å²) in [6, 6.07) is 9.24. The fourth-order valence-corrected chi connectivity index (χ4v) is 3.53. The van der Waals surface area contributed by atoms with Gasteiger partial charge in [0.15, 0.2) is 5.82 Å². The Kier molecular flexibility index (Phi) is 6.11. The second kappa shape index (κ2) is 8.95. The van der Waals surface area contributed by atoms with Gasteiger partial charge in [0.05, 0.1) is 25.5 Å². The van der Waals surface area contributed by atoms with Crippen molar-refractivity contribution in [1.29, 1.82) is 5.41 Å². The summed E-state index contributed by atoms with van der Waals surface area (Å²) in [5, 5.41) is 11.8. The van der Waals surface area contributed by atoms with Crippen LogP contribution in [0.25, 0.3) is 0 Å². The third-order valence-electron chi connectivity index (χ3n) is 4.83. The molecular weight excluding hydrogens is 426 g/mol. The predicted octanol–water partition coefficient (Wildman–Crippen LogP) is 4.87. The Labute approximate surface area is 182 Å². The van der Waals surface area contributed by atoms with Crippen molar-refractivity contribution in [3.63, 3.8) is 0 Å². The van der Waals surface area contributed by atoms with E-state index in [4.69, 9.17) is 26.5 Å². The molecule has 0 amide bonds. The number of nitrogens with one attached hydrogen (secondary N) is 2. The molecule has 0 saturated heterocycles. The van der Waals surface area contributed by atoms with Crippen molar-refractivity contribution in [2.24, 2.45) is 0 Å². The lowest BCUT2D eigenvalue weighted by Gasteiger charge is -2.14. The van der Waals surface area contributed by atoms with E-state index in [2.05, 4.69) is 15.3 Å². The van der Waals surface area contributed by atoms with Gasteiger partial charge in [-0.3, -0.25) is 5.41 Å². The number of para-hydroxylation sites is 1. The number of hydrogen-bond acceptors (Lipinski definition) is 6. The van der Waals surface area contributed by atoms with Crippen LogP contribution in [-0.2, 0) is 24.5 Å². The first-order chi connectivity index (χ1) is 15.0. The van der Waals surface area contributed by atoms with Gasteiger partial charge in [0.1, 0.15) is 28.2 Å². The Morgan fingerprint density at radius 2 is 1.94 bits per heavy atom. The Balaban J connectivity index is 1.59. The lowest BCUT2D eigenvalue weighted by Crippen LogP contribution is -2.13. The average Bonchev–Trinajstić information content (AvgIpc) is 3.22. The highest BCUT2D eigenvalue weighted by Gasteiger charge is 2.22. The maximum atomic E-state index is 14.4. The van der Waals surface area contributed by atoms with Crippen LogP contribution in [-0.4, -0.2) is 22.3 Å². The fourth-order valence-electron chi connectivity index (χ4n) is 3.28. The van der Waals surface area contributed by atoms with Gasteiger partial charge >= 0.3 is 0 Å². The summed E-state index contributed by atoms with van der Waals surface area (Å²) in [7, 11) is 0. The first-order valence-corrected chi connectivity index (χ1v) is 10.0. The molecule has 0 fully saturated rings. The van der Waals surface area contributed by atoms with Crippen LogP contribution in [0.3, 0.4) is 0 Å². The quantitative estimate of drug-likeness (QED) is 0.401. The van der Waals surface area contributed by atoms with Crippen molar-refractivity contribution in [3.8, 4) is 5.75 Å². The van der Waals surface area contributed by atoms with Gasteiger partial charge in [-0.1, -0.05) is 29.8 Å². The molecule has 2 aromatic carbocycles. The molecule has 0 radical (unpaired) electrons. The molecule has 4 rings (SSSR count). The normalized spacial score (nSPS) is 12.5. The standard InChI is InChI=1S/C22H19ClF2N4O2/c1-2-31-12-7-16(24)14(17(25)8-12)9-27-18-6-4-3-5-13(18)20(26)22-28-19-11-30-10-15(19)21(23)29-22/h3-8,26-27H,2,9-11H2,1H3. The van der Waals surface area contributed by atoms with Gasteiger partial charge in [0, 0.05) is 41.1 Å². The second-order valence-corrected chi connectivity index (χ2v) is 7.19. The molecule has 2 N–H and O–H groups in total. The number of fused-ring (bicyclic) bond motifs is 1. The Bertz CT molecular complexity index is 1130. The van der Waals surface area contributed by atoms with E-state index in [0.29, 0.717) is 36.8 Å². The van der Waals surface area contributed by atoms with Gasteiger partial charge in [-0.15, -0.1) is 0 Å². The SMILES string of the molecule is CCOc1cc(F)c(CNc2ccccc2C(=N)c2nc(Cl)c3c(n2)COC3)c(F)c1. The number of aromatic nitrogens is 2. The largest absolute Gasteiger partial charge is 0.494 e. The third kappa shape index (κ3) is 4.35. The molecule has 9 heteroatoms. The van der Waals surface area contributed by atoms with Crippen LogP contribution in [0.15, 0.2) is 36.4 Å². The molecule has 2 heterocycles. The van der Waals surface area contributed by atoms with E-state index < -0.39 is 11.6 Å². The molecule has 3 aromatic rings. The van der Waals surface area contributed by atoms with Crippen molar-refractivity contribution >= 4 is 23.0 Å². The first kappa shape index (κ1) is 21.1. The zero-order valence-electron chi connectivity index (χ0n) is 16.6. The van der Waals surface area contributed by atoms with Gasteiger partial charge in [-0.25, -0.2) is 18.7 Å². The van der Waals surface area contributed by atoms with Crippen LogP contribution < -0.4 is 10.1 Å². The van der Waals surface area contributed by atoms with Crippen LogP contribution in [0.2, 0.25) is 5.15 Å². The van der Waals surface area contributed by atoms with Crippen molar-refractivity contribution in [2.45, 2.75) is 26.7 Å². The minimum absolute atomic E-state index is 0.0346. The Morgan fingerprint density at radius 1 is 1.19 bits per heavy atom. The number of ether oxygens (including phenoxy) is 2. The highest BCUT2D eigenvalue weighted by atomic mass is 35.5. The van der Waals surface area contributed by atoms with Gasteiger partial charge in [-0.05, 0) is 13.0 Å². The summed E-state index contributed by atoms with van der Waals surface area (Å²) in [5.41, 5.74) is 2.28. The van der Waals surface area contributed by atoms with E-state index in [9.17, 15) is 8.78 Å². The van der Waals surface area contributed by atoms with Crippen LogP contribution in [0.5, 0.6) is 5.75 Å². The predicted molar refractivity (Wildman–Crippen MR) is 113 cm³/mol. The number of benzene rings is 2. The second-order valence-electron chi connectivity index (χ2n) is 6.83. The summed E-state index contributed by atoms with van der Waals surface area (Å²) in [6.07, 6.45) is 0. The van der Waals surface area contributed by atoms with Crippen LogP contribution in [0, 0.1) is 17.0 Å². The highest BCUT2D eigenvalue weighted by Crippen LogP contribution is 2.27. The van der Waals surface area contributed by atoms with Crippen molar-refractivity contribution in [2.75, 3.05) is 11.9 Å². The Hall–Kier alpha value is -3.10. The van der Waals surface area contributed by atoms with E-state index in [-0.39, 0.29) is 34.5 Å². The molecule has 0 unspecified atom stereocenters. The van der Waals surface area contributed by atoms with E-state index in [1.165, 1.54) is 0 Å². The molecule has 0 bridgehead atoms. The smallest absolute Gasteiger partial charge is 0.179 e. The maximum absolute atomic E-state index is 14.4. The minimum atomic E-state index is -0.711. The van der Waals surface area contributed by atoms with E-state index in [1.54, 1.807) is 31.2 Å². The van der Waals surface area contributed by atoms with Gasteiger partial charge < -0.3 is 14.8 Å². The molecule has 0 atom stereocenters. The highest BCUT2D eigenvalue weighted by molar-refractivity contribution is 6.30. The molecule has 160 valence electrons. The maximum Gasteiger partial charge on any atom is 0.179 e. The molecule has 1 aliphatic heterocycles. The summed E-state index contributed by atoms with van der Waals surface area (Å²) in [5.74, 6) is -1.13. The molecule has 1 aliphatic rings. The monoisotopic (exact) mass is 444 g/mol. The lowest BCUT2D eigenvalue weighted by atomic mass is 10.1. The first-order valence-electron chi connectivity index (χ1n) is 9.63. The molecule has 0 spiro atoms.